The van der Waals surface area contributed by atoms with Crippen molar-refractivity contribution < 1.29 is 4.42 Å². The van der Waals surface area contributed by atoms with E-state index in [4.69, 9.17) is 4.42 Å². The fraction of sp³-hybridized carbons (Fsp3) is 0.222. The molecule has 2 aromatic heterocycles. The van der Waals surface area contributed by atoms with Crippen LogP contribution in [0.2, 0.25) is 0 Å². The summed E-state index contributed by atoms with van der Waals surface area (Å²) in [5, 5.41) is 10.6. The Morgan fingerprint density at radius 3 is 3.00 bits per heavy atom. The first kappa shape index (κ1) is 9.60. The highest BCUT2D eigenvalue weighted by molar-refractivity contribution is 5.49. The van der Waals surface area contributed by atoms with E-state index in [1.807, 2.05) is 0 Å². The molecule has 0 aliphatic rings. The Labute approximate surface area is 85.4 Å². The van der Waals surface area contributed by atoms with Gasteiger partial charge in [-0.05, 0) is 13.1 Å². The van der Waals surface area contributed by atoms with Crippen molar-refractivity contribution in [1.82, 2.24) is 20.5 Å². The number of nitrogens with zero attached hydrogens (tertiary/aromatic N) is 2. The summed E-state index contributed by atoms with van der Waals surface area (Å²) < 4.78 is 5.34. The summed E-state index contributed by atoms with van der Waals surface area (Å²) in [7, 11) is 1.80. The number of nitrogens with one attached hydrogen (secondary N) is 2. The van der Waals surface area contributed by atoms with Crippen LogP contribution in [-0.2, 0) is 6.54 Å². The molecule has 0 amide bonds. The summed E-state index contributed by atoms with van der Waals surface area (Å²) in [6, 6.07) is 3.05. The van der Waals surface area contributed by atoms with Gasteiger partial charge in [-0.2, -0.15) is 0 Å². The summed E-state index contributed by atoms with van der Waals surface area (Å²) in [5.41, 5.74) is 0.540. The largest absolute Gasteiger partial charge is 0.419 e. The van der Waals surface area contributed by atoms with E-state index in [0.717, 1.165) is 0 Å². The lowest BCUT2D eigenvalue weighted by atomic mass is 10.3. The molecule has 2 N–H and O–H groups in total. The highest BCUT2D eigenvalue weighted by atomic mass is 16.4. The third-order valence-corrected chi connectivity index (χ3v) is 1.83. The SMILES string of the molecule is CNCc1nnc(-c2ccc(=O)[nH]c2)o1. The first-order chi connectivity index (χ1) is 7.29. The van der Waals surface area contributed by atoms with Crippen molar-refractivity contribution in [3.63, 3.8) is 0 Å². The zero-order chi connectivity index (χ0) is 10.7. The van der Waals surface area contributed by atoms with Crippen molar-refractivity contribution in [3.8, 4) is 11.5 Å². The number of hydrogen-bond acceptors (Lipinski definition) is 5. The quantitative estimate of drug-likeness (QED) is 0.746. The number of hydrogen-bond donors (Lipinski definition) is 2. The molecule has 0 aromatic carbocycles. The van der Waals surface area contributed by atoms with Crippen LogP contribution in [0.1, 0.15) is 5.89 Å². The zero-order valence-corrected chi connectivity index (χ0v) is 8.15. The maximum absolute atomic E-state index is 10.8. The Morgan fingerprint density at radius 1 is 1.47 bits per heavy atom. The molecule has 0 atom stereocenters. The van der Waals surface area contributed by atoms with Crippen molar-refractivity contribution in [3.05, 3.63) is 34.6 Å². The van der Waals surface area contributed by atoms with Gasteiger partial charge in [-0.25, -0.2) is 0 Å². The molecule has 0 radical (unpaired) electrons. The van der Waals surface area contributed by atoms with Crippen LogP contribution in [0.3, 0.4) is 0 Å². The number of aromatic amines is 1. The zero-order valence-electron chi connectivity index (χ0n) is 8.15. The van der Waals surface area contributed by atoms with E-state index in [2.05, 4.69) is 20.5 Å². The van der Waals surface area contributed by atoms with Crippen molar-refractivity contribution in [2.45, 2.75) is 6.54 Å². The highest BCUT2D eigenvalue weighted by Gasteiger charge is 2.07. The van der Waals surface area contributed by atoms with E-state index >= 15 is 0 Å². The molecule has 2 rings (SSSR count). The van der Waals surface area contributed by atoms with Crippen molar-refractivity contribution in [2.24, 2.45) is 0 Å². The van der Waals surface area contributed by atoms with Gasteiger partial charge >= 0.3 is 0 Å². The first-order valence-corrected chi connectivity index (χ1v) is 4.45. The number of rotatable bonds is 3. The smallest absolute Gasteiger partial charge is 0.249 e. The average molecular weight is 206 g/mol. The van der Waals surface area contributed by atoms with Crippen LogP contribution < -0.4 is 10.9 Å². The summed E-state index contributed by atoms with van der Waals surface area (Å²) in [6.07, 6.45) is 1.54. The lowest BCUT2D eigenvalue weighted by Gasteiger charge is -1.92. The Kier molecular flexibility index (Phi) is 2.59. The van der Waals surface area contributed by atoms with Crippen LogP contribution in [-0.4, -0.2) is 22.2 Å². The predicted octanol–water partition coefficient (Wildman–Crippen LogP) is 0.144. The minimum atomic E-state index is -0.159. The van der Waals surface area contributed by atoms with Crippen LogP contribution in [0.4, 0.5) is 0 Å². The molecule has 0 aliphatic carbocycles. The molecule has 0 unspecified atom stereocenters. The van der Waals surface area contributed by atoms with Gasteiger partial charge in [-0.1, -0.05) is 0 Å². The third kappa shape index (κ3) is 2.10. The molecule has 6 nitrogen and oxygen atoms in total. The number of aromatic nitrogens is 3. The second kappa shape index (κ2) is 4.05. The van der Waals surface area contributed by atoms with Gasteiger partial charge in [0.05, 0.1) is 12.1 Å². The van der Waals surface area contributed by atoms with Gasteiger partial charge in [0.15, 0.2) is 0 Å². The Balaban J connectivity index is 2.29. The molecule has 2 heterocycles. The molecule has 0 fully saturated rings. The summed E-state index contributed by atoms with van der Waals surface area (Å²) in [6.45, 7) is 0.524. The summed E-state index contributed by atoms with van der Waals surface area (Å²) in [5.74, 6) is 0.912. The van der Waals surface area contributed by atoms with Crippen LogP contribution >= 0.6 is 0 Å². The predicted molar refractivity (Wildman–Crippen MR) is 53.1 cm³/mol. The molecule has 15 heavy (non-hydrogen) atoms. The lowest BCUT2D eigenvalue weighted by Crippen LogP contribution is -2.04. The van der Waals surface area contributed by atoms with Gasteiger partial charge in [-0.15, -0.1) is 10.2 Å². The van der Waals surface area contributed by atoms with Crippen LogP contribution in [0.5, 0.6) is 0 Å². The van der Waals surface area contributed by atoms with Gasteiger partial charge in [0.1, 0.15) is 0 Å². The Morgan fingerprint density at radius 2 is 2.33 bits per heavy atom. The second-order valence-electron chi connectivity index (χ2n) is 2.97. The lowest BCUT2D eigenvalue weighted by molar-refractivity contribution is 0.490. The van der Waals surface area contributed by atoms with E-state index in [9.17, 15) is 4.79 Å². The minimum Gasteiger partial charge on any atom is -0.419 e. The van der Waals surface area contributed by atoms with Gasteiger partial charge in [0.25, 0.3) is 0 Å². The Bertz CT molecular complexity index is 482. The van der Waals surface area contributed by atoms with E-state index in [0.29, 0.717) is 23.9 Å². The standard InChI is InChI=1S/C9H10N4O2/c1-10-5-8-12-13-9(15-8)6-2-3-7(14)11-4-6/h2-4,10H,5H2,1H3,(H,11,14). The minimum absolute atomic E-state index is 0.159. The van der Waals surface area contributed by atoms with Crippen LogP contribution in [0, 0.1) is 0 Å². The molecule has 6 heteroatoms. The third-order valence-electron chi connectivity index (χ3n) is 1.83. The van der Waals surface area contributed by atoms with Crippen molar-refractivity contribution in [1.29, 1.82) is 0 Å². The molecule has 0 saturated heterocycles. The summed E-state index contributed by atoms with van der Waals surface area (Å²) in [4.78, 5) is 13.4. The van der Waals surface area contributed by atoms with Gasteiger partial charge in [0, 0.05) is 12.3 Å². The van der Waals surface area contributed by atoms with Crippen molar-refractivity contribution in [2.75, 3.05) is 7.05 Å². The van der Waals surface area contributed by atoms with Crippen LogP contribution in [0.15, 0.2) is 27.5 Å². The van der Waals surface area contributed by atoms with E-state index < -0.39 is 0 Å². The maximum Gasteiger partial charge on any atom is 0.249 e. The van der Waals surface area contributed by atoms with Gasteiger partial charge in [0.2, 0.25) is 17.3 Å². The van der Waals surface area contributed by atoms with Crippen LogP contribution in [0.25, 0.3) is 11.5 Å². The fourth-order valence-electron chi connectivity index (χ4n) is 1.14. The topological polar surface area (TPSA) is 83.8 Å². The van der Waals surface area contributed by atoms with Gasteiger partial charge in [-0.3, -0.25) is 4.79 Å². The van der Waals surface area contributed by atoms with Gasteiger partial charge < -0.3 is 14.7 Å². The van der Waals surface area contributed by atoms with E-state index in [-0.39, 0.29) is 5.56 Å². The molecule has 78 valence electrons. The molecule has 0 spiro atoms. The van der Waals surface area contributed by atoms with E-state index in [1.165, 1.54) is 6.07 Å². The molecular weight excluding hydrogens is 196 g/mol. The number of pyridine rings is 1. The molecule has 0 bridgehead atoms. The average Bonchev–Trinajstić information content (AvgIpc) is 2.68. The van der Waals surface area contributed by atoms with E-state index in [1.54, 1.807) is 19.3 Å². The molecule has 0 aliphatic heterocycles. The Hall–Kier alpha value is -1.95. The summed E-state index contributed by atoms with van der Waals surface area (Å²) >= 11 is 0. The molecule has 0 saturated carbocycles. The fourth-order valence-corrected chi connectivity index (χ4v) is 1.14. The first-order valence-electron chi connectivity index (χ1n) is 4.45. The number of H-pyrrole nitrogens is 1. The maximum atomic E-state index is 10.8. The normalized spacial score (nSPS) is 10.5. The monoisotopic (exact) mass is 206 g/mol. The van der Waals surface area contributed by atoms with Crippen molar-refractivity contribution >= 4 is 0 Å². The molecule has 2 aromatic rings. The highest BCUT2D eigenvalue weighted by Crippen LogP contribution is 2.14. The second-order valence-corrected chi connectivity index (χ2v) is 2.97. The molecular formula is C9H10N4O2.